The highest BCUT2D eigenvalue weighted by Gasteiger charge is 2.54. The van der Waals surface area contributed by atoms with E-state index in [0.29, 0.717) is 26.2 Å². The predicted octanol–water partition coefficient (Wildman–Crippen LogP) is 3.81. The predicted molar refractivity (Wildman–Crippen MR) is 142 cm³/mol. The lowest BCUT2D eigenvalue weighted by molar-refractivity contribution is -0.167. The molecule has 4 aliphatic heterocycles. The lowest BCUT2D eigenvalue weighted by Gasteiger charge is -2.48. The number of nitrogens with zero attached hydrogens (tertiary/aromatic N) is 3. The van der Waals surface area contributed by atoms with E-state index in [0.717, 1.165) is 36.1 Å². The van der Waals surface area contributed by atoms with Crippen molar-refractivity contribution in [2.75, 3.05) is 38.3 Å². The Morgan fingerprint density at radius 3 is 2.68 bits per heavy atom. The molecule has 2 aromatic rings. The number of imide groups is 1. The molecule has 8 nitrogen and oxygen atoms in total. The van der Waals surface area contributed by atoms with Crippen LogP contribution >= 0.6 is 0 Å². The van der Waals surface area contributed by atoms with Gasteiger partial charge < -0.3 is 19.3 Å². The van der Waals surface area contributed by atoms with E-state index in [1.54, 1.807) is 13.1 Å². The Bertz CT molecular complexity index is 1250. The molecule has 0 radical (unpaired) electrons. The number of ether oxygens (including phenoxy) is 2. The molecule has 38 heavy (non-hydrogen) atoms. The summed E-state index contributed by atoms with van der Waals surface area (Å²) in [5.41, 5.74) is 4.39. The molecule has 0 saturated carbocycles. The number of amides is 3. The van der Waals surface area contributed by atoms with Gasteiger partial charge in [-0.05, 0) is 48.1 Å². The van der Waals surface area contributed by atoms with Gasteiger partial charge in [0.25, 0.3) is 0 Å². The van der Waals surface area contributed by atoms with Crippen molar-refractivity contribution in [3.8, 4) is 0 Å². The van der Waals surface area contributed by atoms with Gasteiger partial charge in [-0.2, -0.15) is 0 Å². The molecule has 3 amide bonds. The number of piperidine rings is 1. The molecule has 2 bridgehead atoms. The number of rotatable bonds is 7. The van der Waals surface area contributed by atoms with Crippen molar-refractivity contribution in [3.05, 3.63) is 71.3 Å². The van der Waals surface area contributed by atoms with Crippen LogP contribution < -0.4 is 4.90 Å². The van der Waals surface area contributed by atoms with E-state index in [1.807, 2.05) is 35.2 Å². The molecule has 4 aliphatic rings. The molecule has 0 aliphatic carbocycles. The number of hydrogen-bond acceptors (Lipinski definition) is 6. The molecular weight excluding hydrogens is 482 g/mol. The molecule has 2 aromatic carbocycles. The first-order valence-corrected chi connectivity index (χ1v) is 13.4. The Labute approximate surface area is 222 Å². The van der Waals surface area contributed by atoms with Crippen LogP contribution in [0.15, 0.2) is 54.6 Å². The second kappa shape index (κ2) is 10.3. The number of carbonyl (C=O) groups is 3. The summed E-state index contributed by atoms with van der Waals surface area (Å²) in [4.78, 5) is 43.4. The van der Waals surface area contributed by atoms with Gasteiger partial charge in [-0.1, -0.05) is 48.5 Å². The van der Waals surface area contributed by atoms with Crippen LogP contribution in [0, 0.1) is 5.92 Å². The van der Waals surface area contributed by atoms with Crippen LogP contribution in [-0.4, -0.2) is 73.2 Å². The number of fused-ring (bicyclic) bond motifs is 6. The summed E-state index contributed by atoms with van der Waals surface area (Å²) in [5.74, 6) is -0.322. The van der Waals surface area contributed by atoms with E-state index >= 15 is 0 Å². The second-order valence-electron chi connectivity index (χ2n) is 10.6. The van der Waals surface area contributed by atoms with E-state index in [2.05, 4.69) is 29.2 Å². The van der Waals surface area contributed by atoms with Gasteiger partial charge >= 0.3 is 6.03 Å². The summed E-state index contributed by atoms with van der Waals surface area (Å²) in [7, 11) is 1.59. The van der Waals surface area contributed by atoms with Crippen molar-refractivity contribution in [2.24, 2.45) is 5.92 Å². The van der Waals surface area contributed by atoms with Crippen molar-refractivity contribution in [2.45, 2.75) is 44.1 Å². The van der Waals surface area contributed by atoms with E-state index in [9.17, 15) is 14.4 Å². The Kier molecular flexibility index (Phi) is 6.76. The zero-order valence-corrected chi connectivity index (χ0v) is 21.6. The average Bonchev–Trinajstić information content (AvgIpc) is 3.27. The van der Waals surface area contributed by atoms with E-state index < -0.39 is 0 Å². The van der Waals surface area contributed by atoms with Crippen LogP contribution in [0.1, 0.15) is 41.9 Å². The van der Waals surface area contributed by atoms with Crippen molar-refractivity contribution in [3.63, 3.8) is 0 Å². The Morgan fingerprint density at radius 1 is 1.08 bits per heavy atom. The number of hydrogen-bond donors (Lipinski definition) is 0. The molecule has 8 heteroatoms. The van der Waals surface area contributed by atoms with Crippen molar-refractivity contribution in [1.29, 1.82) is 0 Å². The molecule has 4 unspecified atom stereocenters. The van der Waals surface area contributed by atoms with E-state index in [-0.39, 0.29) is 48.5 Å². The fraction of sp³-hybridized carbons (Fsp3) is 0.433. The van der Waals surface area contributed by atoms with Crippen molar-refractivity contribution < 1.29 is 23.9 Å². The smallest absolute Gasteiger partial charge is 0.326 e. The van der Waals surface area contributed by atoms with Gasteiger partial charge in [-0.25, -0.2) is 4.79 Å². The first kappa shape index (κ1) is 24.8. The SMILES string of the molecule is CN1C(=O)C2CN(CC3C2c2ccccc2N3Cc2ccc(/C=C/C(=O)COC3CCCCO3)cc2)C1=O. The highest BCUT2D eigenvalue weighted by atomic mass is 16.7. The molecule has 0 spiro atoms. The van der Waals surface area contributed by atoms with Gasteiger partial charge in [0.1, 0.15) is 6.61 Å². The normalized spacial score (nSPS) is 26.6. The number of urea groups is 1. The number of ketones is 1. The Morgan fingerprint density at radius 2 is 1.89 bits per heavy atom. The largest absolute Gasteiger partial charge is 0.362 e. The minimum Gasteiger partial charge on any atom is -0.362 e. The van der Waals surface area contributed by atoms with Gasteiger partial charge in [0.15, 0.2) is 12.1 Å². The summed E-state index contributed by atoms with van der Waals surface area (Å²) >= 11 is 0. The zero-order chi connectivity index (χ0) is 26.2. The maximum atomic E-state index is 13.0. The van der Waals surface area contributed by atoms with Crippen LogP contribution in [0.5, 0.6) is 0 Å². The van der Waals surface area contributed by atoms with E-state index in [1.165, 1.54) is 10.5 Å². The van der Waals surface area contributed by atoms with Crippen LogP contribution in [0.4, 0.5) is 10.5 Å². The molecule has 6 rings (SSSR count). The molecule has 3 fully saturated rings. The third kappa shape index (κ3) is 4.63. The fourth-order valence-electron chi connectivity index (χ4n) is 6.29. The molecule has 0 aromatic heterocycles. The van der Waals surface area contributed by atoms with Gasteiger partial charge in [0.05, 0.1) is 12.0 Å². The minimum atomic E-state index is -0.270. The molecule has 0 N–H and O–H groups in total. The third-order valence-corrected chi connectivity index (χ3v) is 8.23. The monoisotopic (exact) mass is 515 g/mol. The summed E-state index contributed by atoms with van der Waals surface area (Å²) < 4.78 is 11.1. The topological polar surface area (TPSA) is 79.4 Å². The number of carbonyl (C=O) groups excluding carboxylic acids is 3. The fourth-order valence-corrected chi connectivity index (χ4v) is 6.29. The lowest BCUT2D eigenvalue weighted by atomic mass is 9.77. The summed E-state index contributed by atoms with van der Waals surface area (Å²) in [6, 6.07) is 16.3. The van der Waals surface area contributed by atoms with E-state index in [4.69, 9.17) is 9.47 Å². The highest BCUT2D eigenvalue weighted by molar-refractivity contribution is 5.99. The molecule has 3 saturated heterocycles. The maximum Gasteiger partial charge on any atom is 0.326 e. The van der Waals surface area contributed by atoms with Gasteiger partial charge in [-0.15, -0.1) is 0 Å². The van der Waals surface area contributed by atoms with Crippen LogP contribution in [0.25, 0.3) is 6.08 Å². The Balaban J connectivity index is 1.14. The summed E-state index contributed by atoms with van der Waals surface area (Å²) in [6.07, 6.45) is 6.04. The summed E-state index contributed by atoms with van der Waals surface area (Å²) in [5, 5.41) is 0. The van der Waals surface area contributed by atoms with Crippen LogP contribution in [-0.2, 0) is 25.6 Å². The Hall–Kier alpha value is -3.49. The lowest BCUT2D eigenvalue weighted by Crippen LogP contribution is -2.64. The molecular formula is C30H33N3O5. The third-order valence-electron chi connectivity index (χ3n) is 8.23. The van der Waals surface area contributed by atoms with Crippen LogP contribution in [0.3, 0.4) is 0 Å². The number of anilines is 1. The molecule has 198 valence electrons. The maximum absolute atomic E-state index is 13.0. The van der Waals surface area contributed by atoms with Gasteiger partial charge in [0, 0.05) is 44.9 Å². The first-order valence-electron chi connectivity index (χ1n) is 13.4. The quantitative estimate of drug-likeness (QED) is 0.522. The molecule has 4 heterocycles. The number of para-hydroxylation sites is 1. The summed E-state index contributed by atoms with van der Waals surface area (Å²) in [6.45, 7) is 2.48. The van der Waals surface area contributed by atoms with Gasteiger partial charge in [0.2, 0.25) is 5.91 Å². The minimum absolute atomic E-state index is 0.0228. The zero-order valence-electron chi connectivity index (χ0n) is 21.6. The highest BCUT2D eigenvalue weighted by Crippen LogP contribution is 2.49. The number of benzene rings is 2. The average molecular weight is 516 g/mol. The second-order valence-corrected chi connectivity index (χ2v) is 10.6. The standard InChI is InChI=1S/C30H33N3O5/c1-31-29(35)24-17-32(30(31)36)18-26-28(24)23-6-2-3-7-25(23)33(26)16-21-11-9-20(10-12-21)13-14-22(34)19-38-27-8-4-5-15-37-27/h2-3,6-7,9-14,24,26-28H,4-5,8,15-19H2,1H3/b14-13+. The molecule has 4 atom stereocenters. The van der Waals surface area contributed by atoms with Crippen molar-refractivity contribution in [1.82, 2.24) is 9.80 Å². The van der Waals surface area contributed by atoms with Gasteiger partial charge in [-0.3, -0.25) is 14.5 Å². The first-order chi connectivity index (χ1) is 18.5. The van der Waals surface area contributed by atoms with Crippen molar-refractivity contribution >= 4 is 29.5 Å². The van der Waals surface area contributed by atoms with Crippen LogP contribution in [0.2, 0.25) is 0 Å².